The van der Waals surface area contributed by atoms with Crippen molar-refractivity contribution in [2.45, 2.75) is 13.0 Å². The molecule has 0 atom stereocenters. The van der Waals surface area contributed by atoms with Gasteiger partial charge in [-0.15, -0.1) is 0 Å². The van der Waals surface area contributed by atoms with Gasteiger partial charge < -0.3 is 20.6 Å². The molecule has 0 aliphatic carbocycles. The summed E-state index contributed by atoms with van der Waals surface area (Å²) in [5, 5.41) is 10.5. The maximum Gasteiger partial charge on any atom is 0.368 e. The van der Waals surface area contributed by atoms with Crippen LogP contribution in [0, 0.1) is 10.1 Å². The van der Waals surface area contributed by atoms with Crippen LogP contribution in [-0.4, -0.2) is 17.0 Å². The third kappa shape index (κ3) is 2.22. The Morgan fingerprint density at radius 3 is 2.69 bits per heavy atom. The van der Waals surface area contributed by atoms with E-state index in [1.54, 1.807) is 0 Å². The molecule has 0 saturated carbocycles. The van der Waals surface area contributed by atoms with Crippen molar-refractivity contribution >= 4 is 5.82 Å². The van der Waals surface area contributed by atoms with Gasteiger partial charge in [0.2, 0.25) is 0 Å². The van der Waals surface area contributed by atoms with E-state index in [2.05, 4.69) is 9.72 Å². The number of ether oxygens (including phenoxy) is 1. The molecule has 1 aromatic heterocycles. The van der Waals surface area contributed by atoms with Gasteiger partial charge in [0.05, 0.1) is 7.11 Å². The number of nitrogens with two attached hydrogens (primary N) is 1. The SMILES string of the molecule is COc1nc([N+](=O)[O-])cc(CN)c1C(F)F. The molecule has 6 nitrogen and oxygen atoms in total. The zero-order chi connectivity index (χ0) is 12.3. The molecule has 1 heterocycles. The van der Waals surface area contributed by atoms with Crippen molar-refractivity contribution in [2.75, 3.05) is 7.11 Å². The van der Waals surface area contributed by atoms with Crippen molar-refractivity contribution in [3.8, 4) is 5.88 Å². The van der Waals surface area contributed by atoms with Gasteiger partial charge in [-0.2, -0.15) is 0 Å². The molecule has 0 bridgehead atoms. The summed E-state index contributed by atoms with van der Waals surface area (Å²) in [4.78, 5) is 13.0. The predicted octanol–water partition coefficient (Wildman–Crippen LogP) is 1.39. The molecule has 8 heteroatoms. The summed E-state index contributed by atoms with van der Waals surface area (Å²) in [6.45, 7) is -0.251. The first kappa shape index (κ1) is 12.2. The van der Waals surface area contributed by atoms with Crippen LogP contribution in [0.25, 0.3) is 0 Å². The van der Waals surface area contributed by atoms with Crippen LogP contribution in [-0.2, 0) is 6.54 Å². The largest absolute Gasteiger partial charge is 0.462 e. The van der Waals surface area contributed by atoms with Crippen LogP contribution in [0.2, 0.25) is 0 Å². The van der Waals surface area contributed by atoms with Crippen molar-refractivity contribution < 1.29 is 18.4 Å². The Labute approximate surface area is 89.2 Å². The van der Waals surface area contributed by atoms with Crippen molar-refractivity contribution in [2.24, 2.45) is 5.73 Å². The molecule has 16 heavy (non-hydrogen) atoms. The van der Waals surface area contributed by atoms with Crippen molar-refractivity contribution in [3.05, 3.63) is 27.3 Å². The fourth-order valence-corrected chi connectivity index (χ4v) is 1.22. The summed E-state index contributed by atoms with van der Waals surface area (Å²) >= 11 is 0. The minimum atomic E-state index is -2.85. The molecule has 1 aromatic rings. The van der Waals surface area contributed by atoms with Crippen molar-refractivity contribution in [3.63, 3.8) is 0 Å². The van der Waals surface area contributed by atoms with Crippen LogP contribution < -0.4 is 10.5 Å². The number of methoxy groups -OCH3 is 1. The molecular weight excluding hydrogens is 224 g/mol. The average molecular weight is 233 g/mol. The quantitative estimate of drug-likeness (QED) is 0.626. The van der Waals surface area contributed by atoms with Crippen LogP contribution in [0.15, 0.2) is 6.07 Å². The Hall–Kier alpha value is -1.83. The summed E-state index contributed by atoms with van der Waals surface area (Å²) in [5.41, 5.74) is 4.69. The van der Waals surface area contributed by atoms with E-state index in [0.717, 1.165) is 13.2 Å². The highest BCUT2D eigenvalue weighted by Crippen LogP contribution is 2.32. The van der Waals surface area contributed by atoms with E-state index in [1.165, 1.54) is 0 Å². The van der Waals surface area contributed by atoms with E-state index < -0.39 is 28.6 Å². The third-order valence-corrected chi connectivity index (χ3v) is 1.91. The van der Waals surface area contributed by atoms with Crippen LogP contribution in [0.4, 0.5) is 14.6 Å². The van der Waals surface area contributed by atoms with Gasteiger partial charge in [-0.25, -0.2) is 8.78 Å². The summed E-state index contributed by atoms with van der Waals surface area (Å²) in [6.07, 6.45) is -2.85. The van der Waals surface area contributed by atoms with E-state index >= 15 is 0 Å². The number of alkyl halides is 2. The highest BCUT2D eigenvalue weighted by molar-refractivity contribution is 5.42. The molecule has 2 N–H and O–H groups in total. The van der Waals surface area contributed by atoms with Crippen LogP contribution in [0.5, 0.6) is 5.88 Å². The molecule has 0 amide bonds. The predicted molar refractivity (Wildman–Crippen MR) is 50.3 cm³/mol. The van der Waals surface area contributed by atoms with Crippen LogP contribution in [0.3, 0.4) is 0 Å². The maximum atomic E-state index is 12.6. The number of hydrogen-bond donors (Lipinski definition) is 1. The van der Waals surface area contributed by atoms with E-state index in [0.29, 0.717) is 0 Å². The standard InChI is InChI=1S/C8H9F2N3O3/c1-16-8-6(7(9)10)4(3-11)2-5(12-8)13(14)15/h2,7H,3,11H2,1H3. The number of pyridine rings is 1. The Kier molecular flexibility index (Phi) is 3.67. The lowest BCUT2D eigenvalue weighted by molar-refractivity contribution is -0.389. The first-order valence-electron chi connectivity index (χ1n) is 4.21. The van der Waals surface area contributed by atoms with E-state index in [9.17, 15) is 18.9 Å². The molecule has 88 valence electrons. The maximum absolute atomic E-state index is 12.6. The van der Waals surface area contributed by atoms with Crippen LogP contribution in [0.1, 0.15) is 17.6 Å². The van der Waals surface area contributed by atoms with E-state index in [1.807, 2.05) is 0 Å². The van der Waals surface area contributed by atoms with Gasteiger partial charge in [0.1, 0.15) is 5.56 Å². The number of nitro groups is 1. The summed E-state index contributed by atoms with van der Waals surface area (Å²) in [7, 11) is 1.11. The average Bonchev–Trinajstić information content (AvgIpc) is 2.26. The zero-order valence-electron chi connectivity index (χ0n) is 8.31. The second-order valence-electron chi connectivity index (χ2n) is 2.82. The molecule has 0 aliphatic rings. The topological polar surface area (TPSA) is 91.3 Å². The monoisotopic (exact) mass is 233 g/mol. The molecule has 0 aliphatic heterocycles. The summed E-state index contributed by atoms with van der Waals surface area (Å²) < 4.78 is 29.9. The Morgan fingerprint density at radius 1 is 1.69 bits per heavy atom. The normalized spacial score (nSPS) is 10.6. The zero-order valence-corrected chi connectivity index (χ0v) is 8.31. The number of nitrogens with zero attached hydrogens (tertiary/aromatic N) is 2. The molecule has 0 spiro atoms. The van der Waals surface area contributed by atoms with Gasteiger partial charge >= 0.3 is 11.7 Å². The van der Waals surface area contributed by atoms with Gasteiger partial charge in [-0.3, -0.25) is 0 Å². The number of aromatic nitrogens is 1. The lowest BCUT2D eigenvalue weighted by Crippen LogP contribution is -2.08. The summed E-state index contributed by atoms with van der Waals surface area (Å²) in [6, 6.07) is 0.921. The molecule has 0 saturated heterocycles. The van der Waals surface area contributed by atoms with Gasteiger partial charge in [0, 0.05) is 17.6 Å². The molecular formula is C8H9F2N3O3. The molecule has 0 radical (unpaired) electrons. The van der Waals surface area contributed by atoms with Crippen molar-refractivity contribution in [1.29, 1.82) is 0 Å². The highest BCUT2D eigenvalue weighted by Gasteiger charge is 2.26. The fraction of sp³-hybridized carbons (Fsp3) is 0.375. The minimum Gasteiger partial charge on any atom is -0.462 e. The molecule has 0 fully saturated rings. The molecule has 1 rings (SSSR count). The first-order chi connectivity index (χ1) is 7.51. The third-order valence-electron chi connectivity index (χ3n) is 1.91. The number of rotatable bonds is 4. The first-order valence-corrected chi connectivity index (χ1v) is 4.21. The second kappa shape index (κ2) is 4.79. The highest BCUT2D eigenvalue weighted by atomic mass is 19.3. The summed E-state index contributed by atoms with van der Waals surface area (Å²) in [5.74, 6) is -1.04. The van der Waals surface area contributed by atoms with Crippen LogP contribution >= 0.6 is 0 Å². The van der Waals surface area contributed by atoms with Gasteiger partial charge in [-0.05, 0) is 10.5 Å². The Balaban J connectivity index is 3.42. The van der Waals surface area contributed by atoms with E-state index in [4.69, 9.17) is 5.73 Å². The number of hydrogen-bond acceptors (Lipinski definition) is 5. The Bertz CT molecular complexity index is 387. The smallest absolute Gasteiger partial charge is 0.368 e. The number of halogens is 2. The minimum absolute atomic E-state index is 0.0476. The second-order valence-corrected chi connectivity index (χ2v) is 2.82. The van der Waals surface area contributed by atoms with Gasteiger partial charge in [0.25, 0.3) is 6.43 Å². The van der Waals surface area contributed by atoms with E-state index in [-0.39, 0.29) is 12.1 Å². The lowest BCUT2D eigenvalue weighted by atomic mass is 10.1. The molecule has 0 unspecified atom stereocenters. The van der Waals surface area contributed by atoms with Gasteiger partial charge in [-0.1, -0.05) is 0 Å². The fourth-order valence-electron chi connectivity index (χ4n) is 1.22. The lowest BCUT2D eigenvalue weighted by Gasteiger charge is -2.08. The van der Waals surface area contributed by atoms with Gasteiger partial charge in [0.15, 0.2) is 0 Å². The Morgan fingerprint density at radius 2 is 2.31 bits per heavy atom. The van der Waals surface area contributed by atoms with Crippen molar-refractivity contribution in [1.82, 2.24) is 4.98 Å². The molecule has 0 aromatic carbocycles.